The molecule has 0 radical (unpaired) electrons. The van der Waals surface area contributed by atoms with E-state index in [9.17, 15) is 4.79 Å². The lowest BCUT2D eigenvalue weighted by atomic mass is 10.1. The molecule has 0 atom stereocenters. The molecule has 0 saturated carbocycles. The number of aryl methyl sites for hydroxylation is 3. The fraction of sp³-hybridized carbons (Fsp3) is 0.273. The Morgan fingerprint density at radius 3 is 2.46 bits per heavy atom. The van der Waals surface area contributed by atoms with Crippen molar-refractivity contribution < 1.29 is 4.79 Å². The average molecular weight is 347 g/mol. The Kier molecular flexibility index (Phi) is 5.21. The fourth-order valence-corrected chi connectivity index (χ4v) is 3.26. The molecule has 1 aromatic heterocycles. The van der Waals surface area contributed by atoms with E-state index in [-0.39, 0.29) is 5.91 Å². The number of benzene rings is 2. The number of para-hydroxylation sites is 1. The van der Waals surface area contributed by atoms with E-state index in [1.807, 2.05) is 61.0 Å². The highest BCUT2D eigenvalue weighted by Gasteiger charge is 2.14. The summed E-state index contributed by atoms with van der Waals surface area (Å²) < 4.78 is 1.95. The van der Waals surface area contributed by atoms with Crippen molar-refractivity contribution >= 4 is 11.6 Å². The average Bonchev–Trinajstić information content (AvgIpc) is 2.90. The first-order valence-electron chi connectivity index (χ1n) is 8.93. The van der Waals surface area contributed by atoms with Gasteiger partial charge in [0.05, 0.1) is 11.4 Å². The molecule has 0 spiro atoms. The second kappa shape index (κ2) is 7.56. The Balaban J connectivity index is 1.70. The van der Waals surface area contributed by atoms with Gasteiger partial charge in [-0.2, -0.15) is 5.10 Å². The Hall–Kier alpha value is -2.88. The Bertz CT molecular complexity index is 926. The number of hydrogen-bond acceptors (Lipinski definition) is 2. The van der Waals surface area contributed by atoms with E-state index in [1.165, 1.54) is 5.56 Å². The van der Waals surface area contributed by atoms with E-state index >= 15 is 0 Å². The summed E-state index contributed by atoms with van der Waals surface area (Å²) in [5.74, 6) is 0.0308. The summed E-state index contributed by atoms with van der Waals surface area (Å²) in [4.78, 5) is 12.4. The SMILES string of the molecule is Cc1ccc(NC(=O)CCc2c(C)nn(-c3ccccc3)c2C)c(C)c1. The van der Waals surface area contributed by atoms with E-state index in [4.69, 9.17) is 0 Å². The van der Waals surface area contributed by atoms with Crippen LogP contribution < -0.4 is 5.32 Å². The van der Waals surface area contributed by atoms with Gasteiger partial charge in [-0.15, -0.1) is 0 Å². The van der Waals surface area contributed by atoms with Gasteiger partial charge in [0, 0.05) is 17.8 Å². The molecule has 0 unspecified atom stereocenters. The maximum Gasteiger partial charge on any atom is 0.224 e. The van der Waals surface area contributed by atoms with E-state index < -0.39 is 0 Å². The van der Waals surface area contributed by atoms with Gasteiger partial charge in [0.2, 0.25) is 5.91 Å². The summed E-state index contributed by atoms with van der Waals surface area (Å²) in [6.45, 7) is 8.13. The van der Waals surface area contributed by atoms with Crippen LogP contribution >= 0.6 is 0 Å². The van der Waals surface area contributed by atoms with Crippen LogP contribution in [0.1, 0.15) is 34.5 Å². The van der Waals surface area contributed by atoms with Crippen LogP contribution in [0.25, 0.3) is 5.69 Å². The van der Waals surface area contributed by atoms with Gasteiger partial charge >= 0.3 is 0 Å². The third kappa shape index (κ3) is 3.85. The first kappa shape index (κ1) is 17.9. The maximum absolute atomic E-state index is 12.4. The van der Waals surface area contributed by atoms with Crippen molar-refractivity contribution in [3.8, 4) is 5.69 Å². The van der Waals surface area contributed by atoms with Crippen molar-refractivity contribution in [2.24, 2.45) is 0 Å². The molecule has 4 heteroatoms. The van der Waals surface area contributed by atoms with Crippen LogP contribution in [0.2, 0.25) is 0 Å². The van der Waals surface area contributed by atoms with Crippen molar-refractivity contribution in [1.82, 2.24) is 9.78 Å². The third-order valence-electron chi connectivity index (χ3n) is 4.70. The zero-order chi connectivity index (χ0) is 18.7. The van der Waals surface area contributed by atoms with E-state index in [0.717, 1.165) is 33.9 Å². The number of amides is 1. The largest absolute Gasteiger partial charge is 0.326 e. The minimum absolute atomic E-state index is 0.0308. The van der Waals surface area contributed by atoms with Gasteiger partial charge in [-0.05, 0) is 63.4 Å². The van der Waals surface area contributed by atoms with Crippen LogP contribution in [0.5, 0.6) is 0 Å². The number of nitrogens with zero attached hydrogens (tertiary/aromatic N) is 2. The van der Waals surface area contributed by atoms with Crippen molar-refractivity contribution in [2.75, 3.05) is 5.32 Å². The van der Waals surface area contributed by atoms with Gasteiger partial charge in [0.1, 0.15) is 0 Å². The highest BCUT2D eigenvalue weighted by molar-refractivity contribution is 5.91. The molecule has 3 aromatic rings. The minimum atomic E-state index is 0.0308. The molecular weight excluding hydrogens is 322 g/mol. The van der Waals surface area contributed by atoms with Crippen LogP contribution in [0, 0.1) is 27.7 Å². The summed E-state index contributed by atoms with van der Waals surface area (Å²) in [7, 11) is 0. The molecule has 1 heterocycles. The van der Waals surface area contributed by atoms with E-state index in [1.54, 1.807) is 0 Å². The van der Waals surface area contributed by atoms with Gasteiger partial charge in [-0.1, -0.05) is 35.9 Å². The lowest BCUT2D eigenvalue weighted by Crippen LogP contribution is -2.13. The molecule has 3 rings (SSSR count). The van der Waals surface area contributed by atoms with Crippen LogP contribution in [0.3, 0.4) is 0 Å². The van der Waals surface area contributed by atoms with Gasteiger partial charge in [0.15, 0.2) is 0 Å². The zero-order valence-corrected chi connectivity index (χ0v) is 15.8. The van der Waals surface area contributed by atoms with Crippen molar-refractivity contribution in [1.29, 1.82) is 0 Å². The van der Waals surface area contributed by atoms with E-state index in [0.29, 0.717) is 12.8 Å². The number of nitrogens with one attached hydrogen (secondary N) is 1. The molecule has 134 valence electrons. The van der Waals surface area contributed by atoms with Gasteiger partial charge in [-0.3, -0.25) is 4.79 Å². The lowest BCUT2D eigenvalue weighted by molar-refractivity contribution is -0.116. The molecular formula is C22H25N3O. The Labute approximate surface area is 154 Å². The maximum atomic E-state index is 12.4. The summed E-state index contributed by atoms with van der Waals surface area (Å²) in [6, 6.07) is 16.1. The number of aromatic nitrogens is 2. The zero-order valence-electron chi connectivity index (χ0n) is 15.8. The number of rotatable bonds is 5. The second-order valence-electron chi connectivity index (χ2n) is 6.76. The third-order valence-corrected chi connectivity index (χ3v) is 4.70. The molecule has 0 aliphatic rings. The Morgan fingerprint density at radius 2 is 1.77 bits per heavy atom. The van der Waals surface area contributed by atoms with Crippen LogP contribution in [-0.2, 0) is 11.2 Å². The molecule has 2 aromatic carbocycles. The topological polar surface area (TPSA) is 46.9 Å². The molecule has 0 saturated heterocycles. The predicted molar refractivity (Wildman–Crippen MR) is 106 cm³/mol. The smallest absolute Gasteiger partial charge is 0.224 e. The molecule has 4 nitrogen and oxygen atoms in total. The van der Waals surface area contributed by atoms with Crippen molar-refractivity contribution in [2.45, 2.75) is 40.5 Å². The molecule has 26 heavy (non-hydrogen) atoms. The first-order valence-corrected chi connectivity index (χ1v) is 8.93. The number of carbonyl (C=O) groups is 1. The van der Waals surface area contributed by atoms with Crippen LogP contribution in [0.15, 0.2) is 48.5 Å². The molecule has 0 aliphatic heterocycles. The first-order chi connectivity index (χ1) is 12.5. The molecule has 0 bridgehead atoms. The molecule has 0 aliphatic carbocycles. The van der Waals surface area contributed by atoms with Gasteiger partial charge in [0.25, 0.3) is 0 Å². The summed E-state index contributed by atoms with van der Waals surface area (Å²) in [6.07, 6.45) is 1.12. The highest BCUT2D eigenvalue weighted by atomic mass is 16.1. The standard InChI is InChI=1S/C22H25N3O/c1-15-10-12-21(16(2)14-15)23-22(26)13-11-20-17(3)24-25(18(20)4)19-8-6-5-7-9-19/h5-10,12,14H,11,13H2,1-4H3,(H,23,26). The number of hydrogen-bond donors (Lipinski definition) is 1. The normalized spacial score (nSPS) is 10.8. The van der Waals surface area contributed by atoms with Crippen LogP contribution in [0.4, 0.5) is 5.69 Å². The van der Waals surface area contributed by atoms with Gasteiger partial charge in [-0.25, -0.2) is 4.68 Å². The summed E-state index contributed by atoms with van der Waals surface area (Å²) in [5, 5.41) is 7.67. The fourth-order valence-electron chi connectivity index (χ4n) is 3.26. The molecule has 1 amide bonds. The number of carbonyl (C=O) groups excluding carboxylic acids is 1. The molecule has 1 N–H and O–H groups in total. The quantitative estimate of drug-likeness (QED) is 0.728. The minimum Gasteiger partial charge on any atom is -0.326 e. The van der Waals surface area contributed by atoms with Crippen LogP contribution in [-0.4, -0.2) is 15.7 Å². The van der Waals surface area contributed by atoms with Crippen molar-refractivity contribution in [3.05, 3.63) is 76.6 Å². The molecule has 0 fully saturated rings. The van der Waals surface area contributed by atoms with Crippen molar-refractivity contribution in [3.63, 3.8) is 0 Å². The summed E-state index contributed by atoms with van der Waals surface area (Å²) in [5.41, 5.74) is 7.42. The monoisotopic (exact) mass is 347 g/mol. The lowest BCUT2D eigenvalue weighted by Gasteiger charge is -2.09. The predicted octanol–water partition coefficient (Wildman–Crippen LogP) is 4.68. The Morgan fingerprint density at radius 1 is 1.04 bits per heavy atom. The highest BCUT2D eigenvalue weighted by Crippen LogP contribution is 2.20. The summed E-state index contributed by atoms with van der Waals surface area (Å²) >= 11 is 0. The van der Waals surface area contributed by atoms with Gasteiger partial charge < -0.3 is 5.32 Å². The van der Waals surface area contributed by atoms with E-state index in [2.05, 4.69) is 30.3 Å². The second-order valence-corrected chi connectivity index (χ2v) is 6.76. The number of anilines is 1.